The van der Waals surface area contributed by atoms with E-state index in [9.17, 15) is 13.2 Å². The average molecular weight is 266 g/mol. The fraction of sp³-hybridized carbons (Fsp3) is 0.556. The molecule has 3 N–H and O–H groups in total. The molecule has 0 aromatic carbocycles. The van der Waals surface area contributed by atoms with Crippen molar-refractivity contribution >= 4 is 23.5 Å². The Morgan fingerprint density at radius 1 is 1.47 bits per heavy atom. The molecule has 1 aromatic heterocycles. The fourth-order valence-electron chi connectivity index (χ4n) is 1.23. The van der Waals surface area contributed by atoms with Crippen molar-refractivity contribution in [3.05, 3.63) is 11.8 Å². The summed E-state index contributed by atoms with van der Waals surface area (Å²) in [6.45, 7) is 1.85. The van der Waals surface area contributed by atoms with Crippen LogP contribution in [0.15, 0.2) is 6.07 Å². The second kappa shape index (κ2) is 5.44. The van der Waals surface area contributed by atoms with Crippen molar-refractivity contribution in [2.45, 2.75) is 19.1 Å². The van der Waals surface area contributed by atoms with E-state index in [2.05, 4.69) is 15.3 Å². The van der Waals surface area contributed by atoms with Crippen molar-refractivity contribution in [1.82, 2.24) is 9.97 Å². The van der Waals surface area contributed by atoms with Gasteiger partial charge in [-0.05, 0) is 13.2 Å². The lowest BCUT2D eigenvalue weighted by Crippen LogP contribution is -2.20. The van der Waals surface area contributed by atoms with Crippen LogP contribution in [0.4, 0.5) is 24.9 Å². The Kier molecular flexibility index (Phi) is 4.44. The summed E-state index contributed by atoms with van der Waals surface area (Å²) in [7, 11) is 0. The summed E-state index contributed by atoms with van der Waals surface area (Å²) < 4.78 is 37.4. The molecule has 8 heteroatoms. The van der Waals surface area contributed by atoms with Gasteiger partial charge < -0.3 is 11.1 Å². The normalized spacial score (nSPS) is 13.5. The van der Waals surface area contributed by atoms with E-state index in [1.165, 1.54) is 0 Å². The molecule has 0 spiro atoms. The lowest BCUT2D eigenvalue weighted by molar-refractivity contribution is -0.141. The van der Waals surface area contributed by atoms with Crippen molar-refractivity contribution in [2.75, 3.05) is 23.1 Å². The summed E-state index contributed by atoms with van der Waals surface area (Å²) >= 11 is 1.58. The highest BCUT2D eigenvalue weighted by Gasteiger charge is 2.33. The van der Waals surface area contributed by atoms with Crippen LogP contribution in [0.2, 0.25) is 0 Å². The van der Waals surface area contributed by atoms with Crippen LogP contribution in [0.3, 0.4) is 0 Å². The lowest BCUT2D eigenvalue weighted by atomic mass is 10.3. The van der Waals surface area contributed by atoms with Gasteiger partial charge in [-0.25, -0.2) is 4.98 Å². The van der Waals surface area contributed by atoms with Gasteiger partial charge in [-0.15, -0.1) is 0 Å². The number of nitrogens with zero attached hydrogens (tertiary/aromatic N) is 2. The number of hydrogen-bond donors (Lipinski definition) is 2. The highest BCUT2D eigenvalue weighted by Crippen LogP contribution is 2.29. The number of alkyl halides is 3. The summed E-state index contributed by atoms with van der Waals surface area (Å²) in [6.07, 6.45) is -2.61. The van der Waals surface area contributed by atoms with Crippen LogP contribution < -0.4 is 11.1 Å². The first-order valence-electron chi connectivity index (χ1n) is 4.80. The minimum Gasteiger partial charge on any atom is -0.368 e. The van der Waals surface area contributed by atoms with E-state index in [1.54, 1.807) is 11.8 Å². The lowest BCUT2D eigenvalue weighted by Gasteiger charge is -2.14. The molecular weight excluding hydrogens is 253 g/mol. The van der Waals surface area contributed by atoms with Gasteiger partial charge in [0.2, 0.25) is 5.95 Å². The van der Waals surface area contributed by atoms with Gasteiger partial charge in [0.05, 0.1) is 0 Å². The SMILES string of the molecule is CSCC(C)Nc1cc(C(F)(F)F)nc(N)n1. The molecule has 0 bridgehead atoms. The van der Waals surface area contributed by atoms with Crippen molar-refractivity contribution in [3.63, 3.8) is 0 Å². The van der Waals surface area contributed by atoms with Gasteiger partial charge in [-0.3, -0.25) is 0 Å². The summed E-state index contributed by atoms with van der Waals surface area (Å²) in [6, 6.07) is 0.855. The van der Waals surface area contributed by atoms with Crippen LogP contribution in [0.1, 0.15) is 12.6 Å². The maximum absolute atomic E-state index is 12.5. The largest absolute Gasteiger partial charge is 0.433 e. The molecule has 0 amide bonds. The number of nitrogens with two attached hydrogens (primary N) is 1. The van der Waals surface area contributed by atoms with Gasteiger partial charge in [0.15, 0.2) is 5.69 Å². The number of anilines is 2. The maximum Gasteiger partial charge on any atom is 0.433 e. The van der Waals surface area contributed by atoms with Gasteiger partial charge >= 0.3 is 6.18 Å². The molecule has 1 heterocycles. The highest BCUT2D eigenvalue weighted by molar-refractivity contribution is 7.98. The van der Waals surface area contributed by atoms with Crippen LogP contribution in [0.5, 0.6) is 0 Å². The van der Waals surface area contributed by atoms with E-state index in [0.717, 1.165) is 11.8 Å². The standard InChI is InChI=1S/C9H13F3N4S/c1-5(4-17-2)14-7-3-6(9(10,11)12)15-8(13)16-7/h3,5H,4H2,1-2H3,(H3,13,14,15,16). The minimum absolute atomic E-state index is 0.000355. The molecule has 17 heavy (non-hydrogen) atoms. The van der Waals surface area contributed by atoms with Gasteiger partial charge in [0, 0.05) is 17.9 Å². The van der Waals surface area contributed by atoms with Gasteiger partial charge in [0.25, 0.3) is 0 Å². The molecule has 0 saturated heterocycles. The Morgan fingerprint density at radius 3 is 2.65 bits per heavy atom. The minimum atomic E-state index is -4.52. The molecule has 0 aliphatic rings. The molecule has 0 radical (unpaired) electrons. The van der Waals surface area contributed by atoms with E-state index >= 15 is 0 Å². The van der Waals surface area contributed by atoms with Crippen LogP contribution in [-0.2, 0) is 6.18 Å². The summed E-state index contributed by atoms with van der Waals surface area (Å²) in [5, 5.41) is 2.84. The van der Waals surface area contributed by atoms with Gasteiger partial charge in [-0.1, -0.05) is 0 Å². The second-order valence-electron chi connectivity index (χ2n) is 3.50. The Bertz CT molecular complexity index is 383. The molecule has 0 fully saturated rings. The van der Waals surface area contributed by atoms with E-state index < -0.39 is 17.8 Å². The molecule has 0 aliphatic heterocycles. The van der Waals surface area contributed by atoms with Crippen molar-refractivity contribution in [1.29, 1.82) is 0 Å². The Morgan fingerprint density at radius 2 is 2.12 bits per heavy atom. The van der Waals surface area contributed by atoms with E-state index in [0.29, 0.717) is 0 Å². The molecule has 0 saturated carbocycles. The average Bonchev–Trinajstić information content (AvgIpc) is 2.15. The number of hydrogen-bond acceptors (Lipinski definition) is 5. The Labute approximate surface area is 101 Å². The van der Waals surface area contributed by atoms with Crippen LogP contribution in [0.25, 0.3) is 0 Å². The predicted octanol–water partition coefficient (Wildman–Crippen LogP) is 2.24. The Balaban J connectivity index is 2.90. The zero-order valence-electron chi connectivity index (χ0n) is 9.38. The third-order valence-corrected chi connectivity index (χ3v) is 2.68. The van der Waals surface area contributed by atoms with E-state index in [-0.39, 0.29) is 11.9 Å². The molecule has 1 rings (SSSR count). The monoisotopic (exact) mass is 266 g/mol. The first-order chi connectivity index (χ1) is 7.82. The summed E-state index contributed by atoms with van der Waals surface area (Å²) in [5.74, 6) is 0.454. The molecule has 96 valence electrons. The van der Waals surface area contributed by atoms with Crippen molar-refractivity contribution in [3.8, 4) is 0 Å². The molecule has 4 nitrogen and oxygen atoms in total. The molecule has 1 unspecified atom stereocenters. The first kappa shape index (κ1) is 13.9. The van der Waals surface area contributed by atoms with Crippen molar-refractivity contribution in [2.24, 2.45) is 0 Å². The molecular formula is C9H13F3N4S. The van der Waals surface area contributed by atoms with Gasteiger partial charge in [0.1, 0.15) is 5.82 Å². The topological polar surface area (TPSA) is 63.8 Å². The molecule has 1 atom stereocenters. The number of nitrogen functional groups attached to an aromatic ring is 1. The van der Waals surface area contributed by atoms with E-state index in [4.69, 9.17) is 5.73 Å². The van der Waals surface area contributed by atoms with Gasteiger partial charge in [-0.2, -0.15) is 29.9 Å². The summed E-state index contributed by atoms with van der Waals surface area (Å²) in [4.78, 5) is 6.87. The number of aromatic nitrogens is 2. The quantitative estimate of drug-likeness (QED) is 0.875. The third kappa shape index (κ3) is 4.29. The zero-order chi connectivity index (χ0) is 13.1. The van der Waals surface area contributed by atoms with Crippen LogP contribution in [0, 0.1) is 0 Å². The first-order valence-corrected chi connectivity index (χ1v) is 6.19. The number of thioether (sulfide) groups is 1. The summed E-state index contributed by atoms with van der Waals surface area (Å²) in [5.41, 5.74) is 4.20. The second-order valence-corrected chi connectivity index (χ2v) is 4.41. The third-order valence-electron chi connectivity index (χ3n) is 1.84. The van der Waals surface area contributed by atoms with Crippen molar-refractivity contribution < 1.29 is 13.2 Å². The number of nitrogens with one attached hydrogen (secondary N) is 1. The number of halogens is 3. The Hall–Kier alpha value is -1.18. The zero-order valence-corrected chi connectivity index (χ0v) is 10.2. The highest BCUT2D eigenvalue weighted by atomic mass is 32.2. The molecule has 1 aromatic rings. The fourth-order valence-corrected chi connectivity index (χ4v) is 1.81. The predicted molar refractivity (Wildman–Crippen MR) is 62.9 cm³/mol. The smallest absolute Gasteiger partial charge is 0.368 e. The molecule has 0 aliphatic carbocycles. The van der Waals surface area contributed by atoms with Crippen LogP contribution >= 0.6 is 11.8 Å². The van der Waals surface area contributed by atoms with Crippen LogP contribution in [-0.4, -0.2) is 28.0 Å². The number of rotatable bonds is 4. The maximum atomic E-state index is 12.5. The van der Waals surface area contributed by atoms with E-state index in [1.807, 2.05) is 13.2 Å².